The Bertz CT molecular complexity index is 1670. The maximum atomic E-state index is 14.9. The van der Waals surface area contributed by atoms with Crippen molar-refractivity contribution in [2.24, 2.45) is 0 Å². The third-order valence-corrected chi connectivity index (χ3v) is 6.71. The van der Waals surface area contributed by atoms with Crippen LogP contribution in [0.3, 0.4) is 0 Å². The van der Waals surface area contributed by atoms with Gasteiger partial charge in [-0.25, -0.2) is 17.6 Å². The SMILES string of the molecule is CCCCCOC(F)=C(F)c1ccc(C(F)(F)Oc2ccc(-c3cc(F)c(-c4cc(F)c(C(F)(F)F)c(F)c4)c(F)c3)cc2)cc1. The van der Waals surface area contributed by atoms with Gasteiger partial charge in [-0.05, 0) is 71.6 Å². The van der Waals surface area contributed by atoms with E-state index in [1.807, 2.05) is 6.92 Å². The molecule has 0 aliphatic carbocycles. The Labute approximate surface area is 255 Å². The molecule has 0 saturated heterocycles. The lowest BCUT2D eigenvalue weighted by molar-refractivity contribution is -0.185. The first kappa shape index (κ1) is 34.3. The first-order valence-electron chi connectivity index (χ1n) is 13.6. The van der Waals surface area contributed by atoms with Gasteiger partial charge in [0, 0.05) is 5.56 Å². The molecular formula is C33H23F11O2. The first-order valence-corrected chi connectivity index (χ1v) is 13.6. The van der Waals surface area contributed by atoms with Crippen molar-refractivity contribution in [1.29, 1.82) is 0 Å². The average molecular weight is 661 g/mol. The number of unbranched alkanes of at least 4 members (excludes halogenated alkanes) is 2. The summed E-state index contributed by atoms with van der Waals surface area (Å²) in [5.41, 5.74) is -5.10. The van der Waals surface area contributed by atoms with Crippen LogP contribution in [-0.2, 0) is 17.0 Å². The normalized spacial score (nSPS) is 12.6. The van der Waals surface area contributed by atoms with Crippen LogP contribution in [-0.4, -0.2) is 6.61 Å². The van der Waals surface area contributed by atoms with E-state index in [-0.39, 0.29) is 41.2 Å². The lowest BCUT2D eigenvalue weighted by Gasteiger charge is -2.19. The summed E-state index contributed by atoms with van der Waals surface area (Å²) >= 11 is 0. The van der Waals surface area contributed by atoms with Crippen molar-refractivity contribution in [2.75, 3.05) is 6.61 Å². The molecular weight excluding hydrogens is 637 g/mol. The highest BCUT2D eigenvalue weighted by Crippen LogP contribution is 2.39. The minimum Gasteiger partial charge on any atom is -0.469 e. The van der Waals surface area contributed by atoms with Crippen LogP contribution in [0.2, 0.25) is 0 Å². The maximum absolute atomic E-state index is 14.9. The summed E-state index contributed by atoms with van der Waals surface area (Å²) in [6.07, 6.45) is -7.21. The third-order valence-electron chi connectivity index (χ3n) is 6.71. The van der Waals surface area contributed by atoms with Crippen LogP contribution in [0.5, 0.6) is 5.75 Å². The molecule has 0 unspecified atom stereocenters. The van der Waals surface area contributed by atoms with Crippen molar-refractivity contribution in [3.8, 4) is 28.0 Å². The average Bonchev–Trinajstić information content (AvgIpc) is 2.97. The van der Waals surface area contributed by atoms with Gasteiger partial charge in [0.25, 0.3) is 0 Å². The molecule has 0 amide bonds. The third kappa shape index (κ3) is 7.80. The molecule has 0 bridgehead atoms. The Morgan fingerprint density at radius 3 is 1.72 bits per heavy atom. The molecule has 0 atom stereocenters. The molecule has 0 aromatic heterocycles. The van der Waals surface area contributed by atoms with Crippen molar-refractivity contribution in [3.05, 3.63) is 119 Å². The number of rotatable bonds is 11. The van der Waals surface area contributed by atoms with Crippen molar-refractivity contribution in [3.63, 3.8) is 0 Å². The quantitative estimate of drug-likeness (QED) is 0.0906. The van der Waals surface area contributed by atoms with Gasteiger partial charge in [-0.2, -0.15) is 30.7 Å². The lowest BCUT2D eigenvalue weighted by Crippen LogP contribution is -2.21. The van der Waals surface area contributed by atoms with Crippen molar-refractivity contribution < 1.29 is 57.8 Å². The molecule has 46 heavy (non-hydrogen) atoms. The second-order valence-corrected chi connectivity index (χ2v) is 9.99. The maximum Gasteiger partial charge on any atom is 0.426 e. The summed E-state index contributed by atoms with van der Waals surface area (Å²) in [5, 5.41) is 0. The van der Waals surface area contributed by atoms with Crippen LogP contribution in [0.1, 0.15) is 42.9 Å². The number of halogens is 11. The summed E-state index contributed by atoms with van der Waals surface area (Å²) in [5.74, 6) is -8.59. The molecule has 4 aromatic rings. The van der Waals surface area contributed by atoms with E-state index < -0.39 is 69.6 Å². The van der Waals surface area contributed by atoms with Gasteiger partial charge in [0.15, 0.2) is 0 Å². The van der Waals surface area contributed by atoms with Crippen molar-refractivity contribution in [1.82, 2.24) is 0 Å². The molecule has 244 valence electrons. The van der Waals surface area contributed by atoms with Gasteiger partial charge < -0.3 is 9.47 Å². The Balaban J connectivity index is 1.49. The molecule has 4 rings (SSSR count). The topological polar surface area (TPSA) is 18.5 Å². The van der Waals surface area contributed by atoms with Crippen molar-refractivity contribution in [2.45, 2.75) is 38.5 Å². The fraction of sp³-hybridized carbons (Fsp3) is 0.212. The molecule has 0 aliphatic heterocycles. The summed E-state index contributed by atoms with van der Waals surface area (Å²) in [6, 6.07) is 8.26. The number of hydrogen-bond donors (Lipinski definition) is 0. The molecule has 0 heterocycles. The van der Waals surface area contributed by atoms with E-state index in [0.717, 1.165) is 61.4 Å². The number of benzene rings is 4. The van der Waals surface area contributed by atoms with Crippen molar-refractivity contribution >= 4 is 5.83 Å². The molecule has 13 heteroatoms. The molecule has 0 saturated carbocycles. The van der Waals surface area contributed by atoms with E-state index >= 15 is 0 Å². The highest BCUT2D eigenvalue weighted by atomic mass is 19.4. The molecule has 0 fully saturated rings. The summed E-state index contributed by atoms with van der Waals surface area (Å²) in [7, 11) is 0. The van der Waals surface area contributed by atoms with Gasteiger partial charge in [0.2, 0.25) is 5.83 Å². The molecule has 0 aliphatic rings. The van der Waals surface area contributed by atoms with Gasteiger partial charge in [0.05, 0.1) is 17.7 Å². The smallest absolute Gasteiger partial charge is 0.426 e. The van der Waals surface area contributed by atoms with Gasteiger partial charge in [0.1, 0.15) is 34.6 Å². The van der Waals surface area contributed by atoms with E-state index in [0.29, 0.717) is 6.42 Å². The molecule has 4 aromatic carbocycles. The number of alkyl halides is 5. The monoisotopic (exact) mass is 660 g/mol. The largest absolute Gasteiger partial charge is 0.469 e. The predicted octanol–water partition coefficient (Wildman–Crippen LogP) is 11.5. The Kier molecular flexibility index (Phi) is 10.3. The lowest BCUT2D eigenvalue weighted by atomic mass is 9.97. The highest BCUT2D eigenvalue weighted by Gasteiger charge is 2.38. The molecule has 0 N–H and O–H groups in total. The Morgan fingerprint density at radius 1 is 0.652 bits per heavy atom. The molecule has 0 radical (unpaired) electrons. The standard InChI is InChI=1S/C33H23F11O2/c1-2-3-4-13-45-31(39)30(38)19-5-9-22(10-6-19)33(43,44)46-23-11-7-18(8-12-23)20-14-24(34)28(25(35)15-20)21-16-26(36)29(27(37)17-21)32(40,41)42/h5-12,14-17H,2-4,13H2,1H3. The highest BCUT2D eigenvalue weighted by molar-refractivity contribution is 5.72. The fourth-order valence-electron chi connectivity index (χ4n) is 4.43. The number of ether oxygens (including phenoxy) is 2. The first-order chi connectivity index (χ1) is 21.6. The summed E-state index contributed by atoms with van der Waals surface area (Å²) in [6.45, 7) is 1.87. The second kappa shape index (κ2) is 13.8. The van der Waals surface area contributed by atoms with Gasteiger partial charge >= 0.3 is 18.3 Å². The zero-order valence-corrected chi connectivity index (χ0v) is 23.7. The van der Waals surface area contributed by atoms with E-state index in [1.54, 1.807) is 0 Å². The zero-order chi connectivity index (χ0) is 33.8. The predicted molar refractivity (Wildman–Crippen MR) is 148 cm³/mol. The Hall–Kier alpha value is -4.55. The van der Waals surface area contributed by atoms with Crippen LogP contribution < -0.4 is 4.74 Å². The van der Waals surface area contributed by atoms with Crippen LogP contribution in [0, 0.1) is 23.3 Å². The molecule has 2 nitrogen and oxygen atoms in total. The minimum atomic E-state index is -5.38. The van der Waals surface area contributed by atoms with Gasteiger partial charge in [-0.3, -0.25) is 0 Å². The zero-order valence-electron chi connectivity index (χ0n) is 23.7. The van der Waals surface area contributed by atoms with Gasteiger partial charge in [-0.15, -0.1) is 0 Å². The Morgan fingerprint density at radius 2 is 1.20 bits per heavy atom. The van der Waals surface area contributed by atoms with E-state index in [2.05, 4.69) is 0 Å². The van der Waals surface area contributed by atoms with Crippen LogP contribution in [0.15, 0.2) is 78.8 Å². The second-order valence-electron chi connectivity index (χ2n) is 9.99. The van der Waals surface area contributed by atoms with Crippen LogP contribution in [0.25, 0.3) is 28.1 Å². The van der Waals surface area contributed by atoms with Crippen LogP contribution >= 0.6 is 0 Å². The number of hydrogen-bond acceptors (Lipinski definition) is 2. The molecule has 0 spiro atoms. The van der Waals surface area contributed by atoms with Crippen LogP contribution in [0.4, 0.5) is 48.3 Å². The fourth-order valence-corrected chi connectivity index (χ4v) is 4.43. The van der Waals surface area contributed by atoms with E-state index in [1.165, 1.54) is 12.1 Å². The van der Waals surface area contributed by atoms with E-state index in [4.69, 9.17) is 9.47 Å². The summed E-state index contributed by atoms with van der Waals surface area (Å²) < 4.78 is 164. The summed E-state index contributed by atoms with van der Waals surface area (Å²) in [4.78, 5) is 0. The van der Waals surface area contributed by atoms with E-state index in [9.17, 15) is 48.3 Å². The minimum absolute atomic E-state index is 0.0454. The van der Waals surface area contributed by atoms with Gasteiger partial charge in [-0.1, -0.05) is 44.0 Å².